The van der Waals surface area contributed by atoms with Crippen LogP contribution in [-0.4, -0.2) is 41.6 Å². The van der Waals surface area contributed by atoms with E-state index in [1.165, 1.54) is 32.1 Å². The minimum atomic E-state index is -1.49. The molecule has 1 aromatic carbocycles. The zero-order valence-corrected chi connectivity index (χ0v) is 12.0. The fourth-order valence-electron chi connectivity index (χ4n) is 2.86. The Morgan fingerprint density at radius 1 is 1.20 bits per heavy atom. The summed E-state index contributed by atoms with van der Waals surface area (Å²) in [6.07, 6.45) is 6.30. The van der Waals surface area contributed by atoms with E-state index in [1.54, 1.807) is 29.2 Å². The molecule has 108 valence electrons. The molecule has 0 spiro atoms. The molecule has 0 atom stereocenters. The van der Waals surface area contributed by atoms with Gasteiger partial charge in [0.05, 0.1) is 0 Å². The average Bonchev–Trinajstić information content (AvgIpc) is 2.47. The lowest BCUT2D eigenvalue weighted by molar-refractivity contribution is 0.0760. The summed E-state index contributed by atoms with van der Waals surface area (Å²) in [7, 11) is 0.352. The predicted octanol–water partition coefficient (Wildman–Crippen LogP) is 1.02. The normalized spacial score (nSPS) is 15.9. The van der Waals surface area contributed by atoms with Crippen LogP contribution in [0.5, 0.6) is 0 Å². The number of hydrogen-bond acceptors (Lipinski definition) is 3. The van der Waals surface area contributed by atoms with Crippen LogP contribution >= 0.6 is 0 Å². The van der Waals surface area contributed by atoms with E-state index in [0.717, 1.165) is 6.54 Å². The number of rotatable bonds is 4. The number of amides is 1. The molecule has 20 heavy (non-hydrogen) atoms. The summed E-state index contributed by atoms with van der Waals surface area (Å²) in [6, 6.07) is 6.45. The molecule has 4 nitrogen and oxygen atoms in total. The highest BCUT2D eigenvalue weighted by Crippen LogP contribution is 2.24. The summed E-state index contributed by atoms with van der Waals surface area (Å²) in [5, 5.41) is 18.1. The molecule has 1 amide bonds. The molecule has 5 heteroatoms. The Bertz CT molecular complexity index is 441. The first-order chi connectivity index (χ1) is 9.58. The first kappa shape index (κ1) is 15.1. The van der Waals surface area contributed by atoms with Gasteiger partial charge in [-0.25, -0.2) is 0 Å². The largest absolute Gasteiger partial charge is 0.488 e. The summed E-state index contributed by atoms with van der Waals surface area (Å²) < 4.78 is 0. The average molecular weight is 275 g/mol. The maximum Gasteiger partial charge on any atom is 0.488 e. The molecule has 0 heterocycles. The molecular formula is C15H22BNO3. The number of carbonyl (C=O) groups is 1. The maximum atomic E-state index is 12.3. The van der Waals surface area contributed by atoms with Gasteiger partial charge >= 0.3 is 7.12 Å². The van der Waals surface area contributed by atoms with E-state index in [9.17, 15) is 4.79 Å². The van der Waals surface area contributed by atoms with Crippen molar-refractivity contribution in [3.8, 4) is 0 Å². The lowest BCUT2D eigenvalue weighted by atomic mass is 9.80. The van der Waals surface area contributed by atoms with Crippen molar-refractivity contribution in [2.45, 2.75) is 32.1 Å². The molecule has 1 fully saturated rings. The highest BCUT2D eigenvalue weighted by Gasteiger charge is 2.19. The lowest BCUT2D eigenvalue weighted by Crippen LogP contribution is -2.33. The second kappa shape index (κ2) is 6.91. The molecule has 0 bridgehead atoms. The second-order valence-corrected chi connectivity index (χ2v) is 5.69. The van der Waals surface area contributed by atoms with Crippen molar-refractivity contribution >= 4 is 18.5 Å². The van der Waals surface area contributed by atoms with Crippen molar-refractivity contribution in [3.05, 3.63) is 29.8 Å². The van der Waals surface area contributed by atoms with Crippen LogP contribution in [0.25, 0.3) is 0 Å². The third kappa shape index (κ3) is 3.84. The van der Waals surface area contributed by atoms with Crippen LogP contribution in [0.15, 0.2) is 24.3 Å². The third-order valence-electron chi connectivity index (χ3n) is 4.06. The van der Waals surface area contributed by atoms with Crippen LogP contribution in [0.3, 0.4) is 0 Å². The van der Waals surface area contributed by atoms with E-state index in [4.69, 9.17) is 10.0 Å². The molecule has 0 radical (unpaired) electrons. The fraction of sp³-hybridized carbons (Fsp3) is 0.533. The molecule has 2 N–H and O–H groups in total. The van der Waals surface area contributed by atoms with Gasteiger partial charge in [0.1, 0.15) is 0 Å². The van der Waals surface area contributed by atoms with Gasteiger partial charge in [0.25, 0.3) is 5.91 Å². The second-order valence-electron chi connectivity index (χ2n) is 5.69. The summed E-state index contributed by atoms with van der Waals surface area (Å²) in [5.41, 5.74) is 0.990. The highest BCUT2D eigenvalue weighted by molar-refractivity contribution is 6.58. The monoisotopic (exact) mass is 275 g/mol. The van der Waals surface area contributed by atoms with Gasteiger partial charge in [-0.2, -0.15) is 0 Å². The van der Waals surface area contributed by atoms with Crippen molar-refractivity contribution in [1.82, 2.24) is 4.90 Å². The molecule has 0 saturated heterocycles. The quantitative estimate of drug-likeness (QED) is 0.806. The predicted molar refractivity (Wildman–Crippen MR) is 79.8 cm³/mol. The summed E-state index contributed by atoms with van der Waals surface area (Å²) >= 11 is 0. The smallest absolute Gasteiger partial charge is 0.423 e. The molecule has 0 aliphatic heterocycles. The first-order valence-corrected chi connectivity index (χ1v) is 7.29. The molecule has 1 aliphatic rings. The Labute approximate surface area is 120 Å². The van der Waals surface area contributed by atoms with Crippen molar-refractivity contribution in [2.24, 2.45) is 5.92 Å². The summed E-state index contributed by atoms with van der Waals surface area (Å²) in [5.74, 6) is 0.616. The summed E-state index contributed by atoms with van der Waals surface area (Å²) in [6.45, 7) is 0.809. The minimum Gasteiger partial charge on any atom is -0.423 e. The van der Waals surface area contributed by atoms with Gasteiger partial charge in [-0.3, -0.25) is 4.79 Å². The molecule has 0 unspecified atom stereocenters. The van der Waals surface area contributed by atoms with Crippen molar-refractivity contribution in [3.63, 3.8) is 0 Å². The molecule has 2 rings (SSSR count). The number of hydrogen-bond donors (Lipinski definition) is 2. The molecule has 1 saturated carbocycles. The van der Waals surface area contributed by atoms with Crippen LogP contribution in [-0.2, 0) is 0 Å². The van der Waals surface area contributed by atoms with Crippen molar-refractivity contribution in [2.75, 3.05) is 13.6 Å². The van der Waals surface area contributed by atoms with E-state index in [2.05, 4.69) is 0 Å². The fourth-order valence-corrected chi connectivity index (χ4v) is 2.86. The van der Waals surface area contributed by atoms with E-state index in [0.29, 0.717) is 16.9 Å². The molecular weight excluding hydrogens is 253 g/mol. The van der Waals surface area contributed by atoms with Crippen LogP contribution in [0, 0.1) is 5.92 Å². The zero-order chi connectivity index (χ0) is 14.5. The van der Waals surface area contributed by atoms with Gasteiger partial charge in [-0.05, 0) is 36.4 Å². The third-order valence-corrected chi connectivity index (χ3v) is 4.06. The molecule has 1 aromatic rings. The van der Waals surface area contributed by atoms with Gasteiger partial charge < -0.3 is 14.9 Å². The zero-order valence-electron chi connectivity index (χ0n) is 12.0. The summed E-state index contributed by atoms with van der Waals surface area (Å²) in [4.78, 5) is 14.1. The van der Waals surface area contributed by atoms with Gasteiger partial charge in [0, 0.05) is 19.2 Å². The van der Waals surface area contributed by atoms with E-state index >= 15 is 0 Å². The standard InChI is InChI=1S/C15H22BNO3/c1-17(11-12-5-3-2-4-6-12)15(18)13-7-9-14(10-8-13)16(19)20/h7-10,12,19-20H,2-6,11H2,1H3. The molecule has 1 aliphatic carbocycles. The number of benzene rings is 1. The first-order valence-electron chi connectivity index (χ1n) is 7.29. The van der Waals surface area contributed by atoms with Crippen LogP contribution in [0.1, 0.15) is 42.5 Å². The van der Waals surface area contributed by atoms with E-state index in [-0.39, 0.29) is 5.91 Å². The van der Waals surface area contributed by atoms with Crippen molar-refractivity contribution in [1.29, 1.82) is 0 Å². The van der Waals surface area contributed by atoms with Crippen molar-refractivity contribution < 1.29 is 14.8 Å². The van der Waals surface area contributed by atoms with Crippen LogP contribution in [0.2, 0.25) is 0 Å². The van der Waals surface area contributed by atoms with Crippen LogP contribution in [0.4, 0.5) is 0 Å². The van der Waals surface area contributed by atoms with Crippen LogP contribution < -0.4 is 5.46 Å². The SMILES string of the molecule is CN(CC1CCCCC1)C(=O)c1ccc(B(O)O)cc1. The van der Waals surface area contributed by atoms with E-state index in [1.807, 2.05) is 7.05 Å². The Morgan fingerprint density at radius 3 is 2.35 bits per heavy atom. The Hall–Kier alpha value is -1.33. The van der Waals surface area contributed by atoms with Gasteiger partial charge in [0.2, 0.25) is 0 Å². The Morgan fingerprint density at radius 2 is 1.80 bits per heavy atom. The number of nitrogens with zero attached hydrogens (tertiary/aromatic N) is 1. The number of carbonyl (C=O) groups excluding carboxylic acids is 1. The Balaban J connectivity index is 1.95. The highest BCUT2D eigenvalue weighted by atomic mass is 16.4. The van der Waals surface area contributed by atoms with Gasteiger partial charge in [0.15, 0.2) is 0 Å². The van der Waals surface area contributed by atoms with Gasteiger partial charge in [-0.15, -0.1) is 0 Å². The maximum absolute atomic E-state index is 12.3. The van der Waals surface area contributed by atoms with E-state index < -0.39 is 7.12 Å². The lowest BCUT2D eigenvalue weighted by Gasteiger charge is -2.27. The molecule has 0 aromatic heterocycles. The minimum absolute atomic E-state index is 0.00504. The topological polar surface area (TPSA) is 60.8 Å². The Kier molecular flexibility index (Phi) is 5.20. The van der Waals surface area contributed by atoms with Gasteiger partial charge in [-0.1, -0.05) is 31.4 Å².